The molecule has 0 saturated carbocycles. The van der Waals surface area contributed by atoms with E-state index in [1.165, 1.54) is 0 Å². The van der Waals surface area contributed by atoms with Gasteiger partial charge in [0.15, 0.2) is 5.96 Å². The fraction of sp³-hybridized carbons (Fsp3) is 0.647. The predicted octanol–water partition coefficient (Wildman–Crippen LogP) is 2.15. The average molecular weight is 306 g/mol. The summed E-state index contributed by atoms with van der Waals surface area (Å²) < 4.78 is 1.83. The molecule has 1 rings (SSSR count). The van der Waals surface area contributed by atoms with Gasteiger partial charge in [-0.15, -0.1) is 0 Å². The van der Waals surface area contributed by atoms with Crippen molar-refractivity contribution in [3.63, 3.8) is 0 Å². The van der Waals surface area contributed by atoms with Gasteiger partial charge in [-0.2, -0.15) is 0 Å². The molecule has 0 aliphatic rings. The van der Waals surface area contributed by atoms with Gasteiger partial charge in [-0.25, -0.2) is 0 Å². The van der Waals surface area contributed by atoms with Gasteiger partial charge in [0.25, 0.3) is 5.56 Å². The van der Waals surface area contributed by atoms with E-state index in [0.717, 1.165) is 37.6 Å². The Morgan fingerprint density at radius 2 is 2.00 bits per heavy atom. The number of hydrogen-bond donors (Lipinski definition) is 2. The van der Waals surface area contributed by atoms with Crippen molar-refractivity contribution in [2.45, 2.75) is 53.1 Å². The molecule has 0 saturated heterocycles. The molecule has 1 aromatic heterocycles. The Morgan fingerprint density at radius 3 is 2.59 bits per heavy atom. The second-order valence-corrected chi connectivity index (χ2v) is 6.04. The smallest absolute Gasteiger partial charge is 0.250 e. The van der Waals surface area contributed by atoms with E-state index >= 15 is 0 Å². The van der Waals surface area contributed by atoms with Crippen LogP contribution in [0.3, 0.4) is 0 Å². The first kappa shape index (κ1) is 18.3. The highest BCUT2D eigenvalue weighted by molar-refractivity contribution is 5.79. The number of guanidine groups is 1. The van der Waals surface area contributed by atoms with Gasteiger partial charge in [-0.05, 0) is 38.7 Å². The van der Waals surface area contributed by atoms with E-state index in [9.17, 15) is 4.79 Å². The van der Waals surface area contributed by atoms with E-state index in [1.54, 1.807) is 19.2 Å². The van der Waals surface area contributed by atoms with Crippen molar-refractivity contribution in [1.82, 2.24) is 15.2 Å². The SMILES string of the molecule is CN=C(NCCCCn1c(C)cccc1=O)NC(C)C(C)C. The number of unbranched alkanes of at least 4 members (excludes halogenated alkanes) is 1. The quantitative estimate of drug-likeness (QED) is 0.461. The first-order chi connectivity index (χ1) is 10.5. The summed E-state index contributed by atoms with van der Waals surface area (Å²) in [6.07, 6.45) is 1.96. The van der Waals surface area contributed by atoms with Gasteiger partial charge in [-0.1, -0.05) is 19.9 Å². The number of aryl methyl sites for hydroxylation is 1. The third-order valence-electron chi connectivity index (χ3n) is 3.96. The van der Waals surface area contributed by atoms with Gasteiger partial charge in [0.1, 0.15) is 0 Å². The standard InChI is InChI=1S/C17H30N4O/c1-13(2)15(4)20-17(18-5)19-11-6-7-12-21-14(3)9-8-10-16(21)22/h8-10,13,15H,6-7,11-12H2,1-5H3,(H2,18,19,20). The number of aliphatic imine (C=N–C) groups is 1. The largest absolute Gasteiger partial charge is 0.356 e. The molecule has 0 aliphatic heterocycles. The monoisotopic (exact) mass is 306 g/mol. The molecule has 1 aromatic rings. The lowest BCUT2D eigenvalue weighted by Gasteiger charge is -2.20. The van der Waals surface area contributed by atoms with Crippen LogP contribution in [-0.4, -0.2) is 30.2 Å². The number of hydrogen-bond acceptors (Lipinski definition) is 2. The number of nitrogens with zero attached hydrogens (tertiary/aromatic N) is 2. The van der Waals surface area contributed by atoms with Gasteiger partial charge in [0.05, 0.1) is 0 Å². The summed E-state index contributed by atoms with van der Waals surface area (Å²) >= 11 is 0. The van der Waals surface area contributed by atoms with Crippen molar-refractivity contribution in [2.75, 3.05) is 13.6 Å². The zero-order valence-corrected chi connectivity index (χ0v) is 14.5. The highest BCUT2D eigenvalue weighted by atomic mass is 16.1. The van der Waals surface area contributed by atoms with Crippen LogP contribution in [0.15, 0.2) is 28.0 Å². The minimum Gasteiger partial charge on any atom is -0.356 e. The Morgan fingerprint density at radius 1 is 1.27 bits per heavy atom. The summed E-state index contributed by atoms with van der Waals surface area (Å²) in [7, 11) is 1.79. The van der Waals surface area contributed by atoms with Crippen molar-refractivity contribution in [2.24, 2.45) is 10.9 Å². The third-order valence-corrected chi connectivity index (χ3v) is 3.96. The summed E-state index contributed by atoms with van der Waals surface area (Å²) in [5.74, 6) is 1.40. The summed E-state index contributed by atoms with van der Waals surface area (Å²) in [6, 6.07) is 5.78. The molecule has 5 nitrogen and oxygen atoms in total. The van der Waals surface area contributed by atoms with Crippen LogP contribution in [0, 0.1) is 12.8 Å². The van der Waals surface area contributed by atoms with E-state index in [2.05, 4.69) is 36.4 Å². The number of aromatic nitrogens is 1. The highest BCUT2D eigenvalue weighted by Gasteiger charge is 2.08. The molecular weight excluding hydrogens is 276 g/mol. The average Bonchev–Trinajstić information content (AvgIpc) is 2.47. The van der Waals surface area contributed by atoms with Crippen LogP contribution in [0.5, 0.6) is 0 Å². The molecule has 1 unspecified atom stereocenters. The van der Waals surface area contributed by atoms with Crippen LogP contribution in [0.2, 0.25) is 0 Å². The van der Waals surface area contributed by atoms with Gasteiger partial charge in [-0.3, -0.25) is 9.79 Å². The normalized spacial score (nSPS) is 13.3. The molecule has 1 atom stereocenters. The van der Waals surface area contributed by atoms with Crippen molar-refractivity contribution >= 4 is 5.96 Å². The van der Waals surface area contributed by atoms with E-state index in [-0.39, 0.29) is 5.56 Å². The van der Waals surface area contributed by atoms with Crippen LogP contribution in [0.25, 0.3) is 0 Å². The number of rotatable bonds is 7. The zero-order valence-electron chi connectivity index (χ0n) is 14.5. The van der Waals surface area contributed by atoms with Crippen molar-refractivity contribution in [3.05, 3.63) is 34.2 Å². The minimum atomic E-state index is 0.0798. The summed E-state index contributed by atoms with van der Waals surface area (Å²) in [5.41, 5.74) is 1.10. The van der Waals surface area contributed by atoms with Crippen LogP contribution in [0.4, 0.5) is 0 Å². The van der Waals surface area contributed by atoms with E-state index < -0.39 is 0 Å². The lowest BCUT2D eigenvalue weighted by Crippen LogP contribution is -2.44. The molecule has 0 radical (unpaired) electrons. The Labute approximate surface area is 133 Å². The molecule has 2 N–H and O–H groups in total. The summed E-state index contributed by atoms with van der Waals surface area (Å²) in [4.78, 5) is 16.0. The van der Waals surface area contributed by atoms with Gasteiger partial charge < -0.3 is 15.2 Å². The molecule has 124 valence electrons. The maximum Gasteiger partial charge on any atom is 0.250 e. The third kappa shape index (κ3) is 5.92. The summed E-state index contributed by atoms with van der Waals surface area (Å²) in [6.45, 7) is 10.1. The lowest BCUT2D eigenvalue weighted by molar-refractivity contribution is 0.479. The van der Waals surface area contributed by atoms with Gasteiger partial charge >= 0.3 is 0 Å². The highest BCUT2D eigenvalue weighted by Crippen LogP contribution is 2.00. The summed E-state index contributed by atoms with van der Waals surface area (Å²) in [5, 5.41) is 6.70. The molecule has 0 spiro atoms. The van der Waals surface area contributed by atoms with Gasteiger partial charge in [0, 0.05) is 37.9 Å². The maximum absolute atomic E-state index is 11.8. The molecule has 1 heterocycles. The molecule has 0 amide bonds. The minimum absolute atomic E-state index is 0.0798. The predicted molar refractivity (Wildman–Crippen MR) is 93.5 cm³/mol. The Kier molecular flexibility index (Phi) is 7.71. The van der Waals surface area contributed by atoms with Crippen LogP contribution >= 0.6 is 0 Å². The van der Waals surface area contributed by atoms with Gasteiger partial charge in [0.2, 0.25) is 0 Å². The molecule has 5 heteroatoms. The lowest BCUT2D eigenvalue weighted by atomic mass is 10.1. The van der Waals surface area contributed by atoms with Crippen LogP contribution < -0.4 is 16.2 Å². The zero-order chi connectivity index (χ0) is 16.5. The van der Waals surface area contributed by atoms with Crippen LogP contribution in [-0.2, 0) is 6.54 Å². The van der Waals surface area contributed by atoms with Crippen LogP contribution in [0.1, 0.15) is 39.3 Å². The Balaban J connectivity index is 2.31. The molecular formula is C17H30N4O. The molecule has 22 heavy (non-hydrogen) atoms. The maximum atomic E-state index is 11.8. The van der Waals surface area contributed by atoms with E-state index in [1.807, 2.05) is 17.6 Å². The second kappa shape index (κ2) is 9.28. The Bertz CT molecular complexity index is 534. The Hall–Kier alpha value is -1.78. The van der Waals surface area contributed by atoms with Crippen molar-refractivity contribution < 1.29 is 0 Å². The number of pyridine rings is 1. The first-order valence-corrected chi connectivity index (χ1v) is 8.09. The molecule has 0 fully saturated rings. The van der Waals surface area contributed by atoms with E-state index in [0.29, 0.717) is 12.0 Å². The second-order valence-electron chi connectivity index (χ2n) is 6.04. The molecule has 0 aliphatic carbocycles. The fourth-order valence-corrected chi connectivity index (χ4v) is 2.09. The first-order valence-electron chi connectivity index (χ1n) is 8.09. The van der Waals surface area contributed by atoms with Crippen molar-refractivity contribution in [1.29, 1.82) is 0 Å². The molecule has 0 bridgehead atoms. The topological polar surface area (TPSA) is 58.4 Å². The number of nitrogens with one attached hydrogen (secondary N) is 2. The van der Waals surface area contributed by atoms with Crippen molar-refractivity contribution in [3.8, 4) is 0 Å². The molecule has 0 aromatic carbocycles. The van der Waals surface area contributed by atoms with E-state index in [4.69, 9.17) is 0 Å². The fourth-order valence-electron chi connectivity index (χ4n) is 2.09.